The zero-order valence-corrected chi connectivity index (χ0v) is 16.0. The van der Waals surface area contributed by atoms with Crippen molar-refractivity contribution in [2.45, 2.75) is 30.1 Å². The van der Waals surface area contributed by atoms with E-state index in [0.29, 0.717) is 0 Å². The molecular formula is C16H21N5O3S2. The first-order valence-corrected chi connectivity index (χ1v) is 10.7. The molecule has 8 nitrogen and oxygen atoms in total. The fourth-order valence-corrected chi connectivity index (χ4v) is 4.98. The van der Waals surface area contributed by atoms with Crippen LogP contribution in [0.5, 0.6) is 0 Å². The lowest BCUT2D eigenvalue weighted by Crippen LogP contribution is -2.36. The van der Waals surface area contributed by atoms with Crippen LogP contribution in [0.1, 0.15) is 31.4 Å². The summed E-state index contributed by atoms with van der Waals surface area (Å²) in [5, 5.41) is 9.97. The number of sulfonamides is 1. The van der Waals surface area contributed by atoms with Gasteiger partial charge in [-0.1, -0.05) is 41.7 Å². The van der Waals surface area contributed by atoms with Gasteiger partial charge >= 0.3 is 0 Å². The van der Waals surface area contributed by atoms with E-state index in [0.717, 1.165) is 42.8 Å². The van der Waals surface area contributed by atoms with Crippen LogP contribution in [0, 0.1) is 0 Å². The SMILES string of the molecule is CC(=O)Nc1nnc(S(=O)(=O)NCC(c2ccccc2)N2CCCC2)s1. The molecule has 0 aliphatic carbocycles. The van der Waals surface area contributed by atoms with Crippen molar-refractivity contribution in [2.24, 2.45) is 0 Å². The largest absolute Gasteiger partial charge is 0.301 e. The number of nitrogens with one attached hydrogen (secondary N) is 2. The molecule has 10 heteroatoms. The van der Waals surface area contributed by atoms with Gasteiger partial charge in [-0.25, -0.2) is 13.1 Å². The second kappa shape index (κ2) is 8.21. The molecule has 2 N–H and O–H groups in total. The van der Waals surface area contributed by atoms with Crippen molar-refractivity contribution in [1.29, 1.82) is 0 Å². The van der Waals surface area contributed by atoms with Crippen molar-refractivity contribution in [1.82, 2.24) is 19.8 Å². The molecule has 0 bridgehead atoms. The average molecular weight is 396 g/mol. The molecule has 1 aliphatic heterocycles. The summed E-state index contributed by atoms with van der Waals surface area (Å²) in [6.07, 6.45) is 2.24. The standard InChI is InChI=1S/C16H21N5O3S2/c1-12(22)18-15-19-20-16(25-15)26(23,24)17-11-14(21-9-5-6-10-21)13-7-3-2-4-8-13/h2-4,7-8,14,17H,5-6,9-11H2,1H3,(H,18,19,22). The first-order chi connectivity index (χ1) is 12.5. The Hall–Kier alpha value is -1.88. The Morgan fingerprint density at radius 3 is 2.58 bits per heavy atom. The summed E-state index contributed by atoms with van der Waals surface area (Å²) in [4.78, 5) is 13.3. The lowest BCUT2D eigenvalue weighted by Gasteiger charge is -2.28. The van der Waals surface area contributed by atoms with Crippen LogP contribution < -0.4 is 10.0 Å². The van der Waals surface area contributed by atoms with Crippen molar-refractivity contribution < 1.29 is 13.2 Å². The molecular weight excluding hydrogens is 374 g/mol. The molecule has 1 atom stereocenters. The second-order valence-electron chi connectivity index (χ2n) is 6.08. The fourth-order valence-electron chi connectivity index (χ4n) is 2.96. The van der Waals surface area contributed by atoms with E-state index in [-0.39, 0.29) is 28.0 Å². The van der Waals surface area contributed by atoms with E-state index in [9.17, 15) is 13.2 Å². The van der Waals surface area contributed by atoms with Crippen LogP contribution in [0.15, 0.2) is 34.7 Å². The number of nitrogens with zero attached hydrogens (tertiary/aromatic N) is 3. The maximum atomic E-state index is 12.5. The van der Waals surface area contributed by atoms with E-state index in [4.69, 9.17) is 0 Å². The Kier molecular flexibility index (Phi) is 5.97. The van der Waals surface area contributed by atoms with E-state index in [1.54, 1.807) is 0 Å². The molecule has 3 rings (SSSR count). The molecule has 0 saturated carbocycles. The topological polar surface area (TPSA) is 104 Å². The molecule has 1 fully saturated rings. The number of hydrogen-bond acceptors (Lipinski definition) is 7. The number of benzene rings is 1. The zero-order chi connectivity index (χ0) is 18.6. The van der Waals surface area contributed by atoms with Gasteiger partial charge in [0.2, 0.25) is 15.4 Å². The summed E-state index contributed by atoms with van der Waals surface area (Å²) in [6.45, 7) is 3.48. The monoisotopic (exact) mass is 395 g/mol. The molecule has 1 aliphatic rings. The van der Waals surface area contributed by atoms with Crippen molar-refractivity contribution in [2.75, 3.05) is 25.0 Å². The Balaban J connectivity index is 1.73. The summed E-state index contributed by atoms with van der Waals surface area (Å²) < 4.78 is 27.6. The Morgan fingerprint density at radius 2 is 1.92 bits per heavy atom. The lowest BCUT2D eigenvalue weighted by molar-refractivity contribution is -0.114. The minimum absolute atomic E-state index is 0.0313. The highest BCUT2D eigenvalue weighted by Crippen LogP contribution is 2.25. The van der Waals surface area contributed by atoms with Crippen molar-refractivity contribution in [3.05, 3.63) is 35.9 Å². The van der Waals surface area contributed by atoms with E-state index in [1.807, 2.05) is 30.3 Å². The number of anilines is 1. The third kappa shape index (κ3) is 4.64. The molecule has 2 heterocycles. The minimum Gasteiger partial charge on any atom is -0.301 e. The third-order valence-electron chi connectivity index (χ3n) is 4.15. The number of likely N-dealkylation sites (tertiary alicyclic amines) is 1. The van der Waals surface area contributed by atoms with Crippen molar-refractivity contribution in [3.8, 4) is 0 Å². The smallest absolute Gasteiger partial charge is 0.269 e. The summed E-state index contributed by atoms with van der Waals surface area (Å²) in [5.41, 5.74) is 1.08. The van der Waals surface area contributed by atoms with Crippen molar-refractivity contribution >= 4 is 32.4 Å². The molecule has 1 aromatic heterocycles. The van der Waals surface area contributed by atoms with Gasteiger partial charge in [0.05, 0.1) is 0 Å². The summed E-state index contributed by atoms with van der Waals surface area (Å²) in [5.74, 6) is -0.323. The Labute approximate surface area is 156 Å². The number of rotatable bonds is 7. The van der Waals surface area contributed by atoms with Gasteiger partial charge in [-0.15, -0.1) is 10.2 Å². The zero-order valence-electron chi connectivity index (χ0n) is 14.4. The predicted octanol–water partition coefficient (Wildman–Crippen LogP) is 1.61. The molecule has 0 spiro atoms. The Bertz CT molecular complexity index is 848. The predicted molar refractivity (Wildman–Crippen MR) is 99.4 cm³/mol. The highest BCUT2D eigenvalue weighted by molar-refractivity contribution is 7.91. The second-order valence-corrected chi connectivity index (χ2v) is 8.99. The summed E-state index contributed by atoms with van der Waals surface area (Å²) in [7, 11) is -3.79. The van der Waals surface area contributed by atoms with Gasteiger partial charge in [0, 0.05) is 19.5 Å². The van der Waals surface area contributed by atoms with E-state index in [2.05, 4.69) is 25.1 Å². The van der Waals surface area contributed by atoms with Crippen LogP contribution in [-0.4, -0.2) is 49.1 Å². The molecule has 1 amide bonds. The van der Waals surface area contributed by atoms with E-state index < -0.39 is 10.0 Å². The van der Waals surface area contributed by atoms with Crippen molar-refractivity contribution in [3.63, 3.8) is 0 Å². The minimum atomic E-state index is -3.79. The molecule has 140 valence electrons. The first kappa shape index (κ1) is 18.9. The maximum absolute atomic E-state index is 12.5. The van der Waals surface area contributed by atoms with Gasteiger partial charge in [0.15, 0.2) is 0 Å². The first-order valence-electron chi connectivity index (χ1n) is 8.35. The van der Waals surface area contributed by atoms with Crippen LogP contribution in [0.25, 0.3) is 0 Å². The van der Waals surface area contributed by atoms with Crippen LogP contribution >= 0.6 is 11.3 Å². The summed E-state index contributed by atoms with van der Waals surface area (Å²) >= 11 is 0.830. The number of aromatic nitrogens is 2. The molecule has 2 aromatic rings. The van der Waals surface area contributed by atoms with Crippen LogP contribution in [0.2, 0.25) is 0 Å². The van der Waals surface area contributed by atoms with Crippen LogP contribution in [0.4, 0.5) is 5.13 Å². The Morgan fingerprint density at radius 1 is 1.23 bits per heavy atom. The van der Waals surface area contributed by atoms with Gasteiger partial charge in [-0.2, -0.15) is 0 Å². The van der Waals surface area contributed by atoms with Gasteiger partial charge in [-0.05, 0) is 31.5 Å². The lowest BCUT2D eigenvalue weighted by atomic mass is 10.1. The molecule has 1 aromatic carbocycles. The van der Waals surface area contributed by atoms with E-state index in [1.165, 1.54) is 6.92 Å². The van der Waals surface area contributed by atoms with E-state index >= 15 is 0 Å². The van der Waals surface area contributed by atoms with Gasteiger partial charge in [0.1, 0.15) is 0 Å². The number of carbonyl (C=O) groups is 1. The molecule has 1 saturated heterocycles. The molecule has 1 unspecified atom stereocenters. The average Bonchev–Trinajstić information content (AvgIpc) is 3.28. The van der Waals surface area contributed by atoms with Gasteiger partial charge in [0.25, 0.3) is 10.0 Å². The van der Waals surface area contributed by atoms with Gasteiger partial charge in [-0.3, -0.25) is 9.69 Å². The molecule has 0 radical (unpaired) electrons. The fraction of sp³-hybridized carbons (Fsp3) is 0.438. The highest BCUT2D eigenvalue weighted by atomic mass is 32.2. The van der Waals surface area contributed by atoms with Crippen LogP contribution in [-0.2, 0) is 14.8 Å². The highest BCUT2D eigenvalue weighted by Gasteiger charge is 2.27. The van der Waals surface area contributed by atoms with Crippen LogP contribution in [0.3, 0.4) is 0 Å². The number of hydrogen-bond donors (Lipinski definition) is 2. The van der Waals surface area contributed by atoms with Gasteiger partial charge < -0.3 is 5.32 Å². The number of carbonyl (C=O) groups excluding carboxylic acids is 1. The number of amides is 1. The maximum Gasteiger partial charge on any atom is 0.269 e. The summed E-state index contributed by atoms with van der Waals surface area (Å²) in [6, 6.07) is 9.85. The molecule has 26 heavy (non-hydrogen) atoms. The normalized spacial score (nSPS) is 16.5. The third-order valence-corrected chi connectivity index (χ3v) is 6.78. The quantitative estimate of drug-likeness (QED) is 0.690.